The molecule has 1 saturated heterocycles. The number of hydrogen-bond acceptors (Lipinski definition) is 6. The molecule has 1 aliphatic heterocycles. The molecule has 1 aliphatic carbocycles. The second kappa shape index (κ2) is 6.96. The van der Waals surface area contributed by atoms with Gasteiger partial charge in [-0.3, -0.25) is 9.78 Å². The Labute approximate surface area is 158 Å². The summed E-state index contributed by atoms with van der Waals surface area (Å²) in [6.45, 7) is 0.640. The van der Waals surface area contributed by atoms with Gasteiger partial charge in [0.1, 0.15) is 11.6 Å². The number of primary amides is 1. The van der Waals surface area contributed by atoms with Gasteiger partial charge < -0.3 is 20.5 Å². The van der Waals surface area contributed by atoms with Crippen molar-refractivity contribution in [3.05, 3.63) is 30.8 Å². The van der Waals surface area contributed by atoms with Gasteiger partial charge in [0.05, 0.1) is 24.9 Å². The summed E-state index contributed by atoms with van der Waals surface area (Å²) in [5, 5.41) is 10.4. The van der Waals surface area contributed by atoms with E-state index in [1.807, 2.05) is 17.0 Å². The quantitative estimate of drug-likeness (QED) is 0.850. The zero-order valence-corrected chi connectivity index (χ0v) is 15.5. The Morgan fingerprint density at radius 3 is 3.04 bits per heavy atom. The predicted octanol–water partition coefficient (Wildman–Crippen LogP) is 1.69. The first-order valence-electron chi connectivity index (χ1n) is 9.39. The van der Waals surface area contributed by atoms with E-state index in [2.05, 4.69) is 16.4 Å². The van der Waals surface area contributed by atoms with Crippen molar-refractivity contribution in [3.63, 3.8) is 0 Å². The molecule has 2 fully saturated rings. The Morgan fingerprint density at radius 1 is 1.44 bits per heavy atom. The van der Waals surface area contributed by atoms with Crippen LogP contribution in [0.4, 0.5) is 5.69 Å². The summed E-state index contributed by atoms with van der Waals surface area (Å²) >= 11 is 0. The summed E-state index contributed by atoms with van der Waals surface area (Å²) in [6, 6.07) is 4.91. The number of carbonyl (C=O) groups excluding carboxylic acids is 1. The highest BCUT2D eigenvalue weighted by molar-refractivity contribution is 5.92. The van der Waals surface area contributed by atoms with Crippen LogP contribution in [0.2, 0.25) is 0 Å². The van der Waals surface area contributed by atoms with Gasteiger partial charge in [-0.1, -0.05) is 0 Å². The molecule has 3 atom stereocenters. The fourth-order valence-corrected chi connectivity index (χ4v) is 4.96. The van der Waals surface area contributed by atoms with Crippen LogP contribution < -0.4 is 15.4 Å². The average Bonchev–Trinajstić information content (AvgIpc) is 2.71. The lowest BCUT2D eigenvalue weighted by Crippen LogP contribution is -2.64. The van der Waals surface area contributed by atoms with E-state index in [9.17, 15) is 9.90 Å². The third-order valence-corrected chi connectivity index (χ3v) is 6.27. The number of aromatic nitrogens is 2. The van der Waals surface area contributed by atoms with Gasteiger partial charge in [-0.05, 0) is 50.2 Å². The van der Waals surface area contributed by atoms with Crippen molar-refractivity contribution in [2.24, 2.45) is 17.1 Å². The molecule has 4 rings (SSSR count). The zero-order chi connectivity index (χ0) is 19.0. The van der Waals surface area contributed by atoms with E-state index in [1.165, 1.54) is 0 Å². The van der Waals surface area contributed by atoms with Crippen LogP contribution in [-0.4, -0.2) is 47.3 Å². The van der Waals surface area contributed by atoms with Crippen molar-refractivity contribution < 1.29 is 14.6 Å². The number of aliphatic hydroxyl groups is 1. The molecule has 0 aromatic carbocycles. The van der Waals surface area contributed by atoms with Crippen LogP contribution in [0, 0.1) is 17.8 Å². The summed E-state index contributed by atoms with van der Waals surface area (Å²) in [7, 11) is 1.57. The van der Waals surface area contributed by atoms with E-state index < -0.39 is 17.4 Å². The van der Waals surface area contributed by atoms with Gasteiger partial charge in [0.25, 0.3) is 0 Å². The molecule has 0 bridgehead atoms. The monoisotopic (exact) mass is 369 g/mol. The topological polar surface area (TPSA) is 102 Å². The molecule has 1 saturated carbocycles. The standard InChI is InChI=1S/C20H25N4O3/c1-27-16-6-5-14-17(23-16)15(7-10-22-14)24-11-8-13-4-2-3-9-20(13,12-25)18(24)19(21)26/h2,5-7,10,13,18,25H,3-4,8-9,11-12H2,1H3,(H2,21,26)/t13-,18?,20+/m0/s1. The molecule has 2 aromatic heterocycles. The number of amides is 1. The molecular formula is C20H25N4O3. The summed E-state index contributed by atoms with van der Waals surface area (Å²) in [5.41, 5.74) is 7.60. The molecule has 0 spiro atoms. The van der Waals surface area contributed by atoms with Crippen LogP contribution >= 0.6 is 0 Å². The number of hydrogen-bond donors (Lipinski definition) is 2. The first-order chi connectivity index (χ1) is 13.1. The van der Waals surface area contributed by atoms with Crippen molar-refractivity contribution >= 4 is 22.6 Å². The molecule has 2 aromatic rings. The van der Waals surface area contributed by atoms with Gasteiger partial charge >= 0.3 is 0 Å². The Hall–Kier alpha value is -2.41. The van der Waals surface area contributed by atoms with Crippen LogP contribution in [0.15, 0.2) is 24.4 Å². The third kappa shape index (κ3) is 2.81. The normalized spacial score (nSPS) is 28.0. The maximum Gasteiger partial charge on any atom is 0.240 e. The van der Waals surface area contributed by atoms with E-state index in [-0.39, 0.29) is 12.5 Å². The lowest BCUT2D eigenvalue weighted by atomic mass is 9.59. The van der Waals surface area contributed by atoms with E-state index in [1.54, 1.807) is 19.4 Å². The number of nitrogens with zero attached hydrogens (tertiary/aromatic N) is 3. The SMILES string of the molecule is COc1ccc2nccc(N3CC[C@@H]4C[CH]CC[C@]4(CO)C3C(N)=O)c2n1. The molecule has 1 radical (unpaired) electrons. The molecule has 7 nitrogen and oxygen atoms in total. The van der Waals surface area contributed by atoms with E-state index in [0.29, 0.717) is 17.9 Å². The summed E-state index contributed by atoms with van der Waals surface area (Å²) in [4.78, 5) is 23.6. The van der Waals surface area contributed by atoms with E-state index >= 15 is 0 Å². The third-order valence-electron chi connectivity index (χ3n) is 6.27. The highest BCUT2D eigenvalue weighted by Gasteiger charge is 2.54. The van der Waals surface area contributed by atoms with Gasteiger partial charge in [0, 0.05) is 24.2 Å². The van der Waals surface area contributed by atoms with Crippen LogP contribution in [-0.2, 0) is 4.79 Å². The maximum atomic E-state index is 12.6. The minimum atomic E-state index is -0.575. The van der Waals surface area contributed by atoms with E-state index in [0.717, 1.165) is 36.9 Å². The second-order valence-electron chi connectivity index (χ2n) is 7.49. The molecule has 1 unspecified atom stereocenters. The van der Waals surface area contributed by atoms with Crippen molar-refractivity contribution in [1.82, 2.24) is 9.97 Å². The van der Waals surface area contributed by atoms with Gasteiger partial charge in [-0.15, -0.1) is 0 Å². The minimum absolute atomic E-state index is 0.0463. The molecular weight excluding hydrogens is 344 g/mol. The lowest BCUT2D eigenvalue weighted by molar-refractivity contribution is -0.127. The molecule has 2 aliphatic rings. The number of rotatable bonds is 4. The average molecular weight is 369 g/mol. The molecule has 143 valence electrons. The number of ether oxygens (including phenoxy) is 1. The molecule has 1 amide bonds. The minimum Gasteiger partial charge on any atom is -0.481 e. The van der Waals surface area contributed by atoms with E-state index in [4.69, 9.17) is 10.5 Å². The number of aliphatic hydroxyl groups excluding tert-OH is 1. The number of fused-ring (bicyclic) bond motifs is 2. The Balaban J connectivity index is 1.85. The number of pyridine rings is 2. The van der Waals surface area contributed by atoms with Crippen molar-refractivity contribution in [2.45, 2.75) is 31.7 Å². The van der Waals surface area contributed by atoms with Gasteiger partial charge in [0.2, 0.25) is 11.8 Å². The zero-order valence-electron chi connectivity index (χ0n) is 15.5. The number of nitrogens with two attached hydrogens (primary N) is 1. The number of methoxy groups -OCH3 is 1. The first-order valence-corrected chi connectivity index (χ1v) is 9.39. The molecule has 3 heterocycles. The Morgan fingerprint density at radius 2 is 2.30 bits per heavy atom. The molecule has 7 heteroatoms. The lowest BCUT2D eigenvalue weighted by Gasteiger charge is -2.55. The van der Waals surface area contributed by atoms with Crippen molar-refractivity contribution in [1.29, 1.82) is 0 Å². The predicted molar refractivity (Wildman–Crippen MR) is 102 cm³/mol. The summed E-state index contributed by atoms with van der Waals surface area (Å²) in [6.07, 6.45) is 7.45. The largest absolute Gasteiger partial charge is 0.481 e. The van der Waals surface area contributed by atoms with Crippen LogP contribution in [0.1, 0.15) is 25.7 Å². The molecule has 27 heavy (non-hydrogen) atoms. The van der Waals surface area contributed by atoms with Gasteiger partial charge in [-0.2, -0.15) is 0 Å². The number of carbonyl (C=O) groups is 1. The van der Waals surface area contributed by atoms with Gasteiger partial charge in [-0.25, -0.2) is 4.98 Å². The molecule has 3 N–H and O–H groups in total. The highest BCUT2D eigenvalue weighted by Crippen LogP contribution is 2.50. The van der Waals surface area contributed by atoms with Crippen LogP contribution in [0.25, 0.3) is 11.0 Å². The highest BCUT2D eigenvalue weighted by atomic mass is 16.5. The van der Waals surface area contributed by atoms with Crippen LogP contribution in [0.5, 0.6) is 5.88 Å². The van der Waals surface area contributed by atoms with Crippen molar-refractivity contribution in [2.75, 3.05) is 25.2 Å². The van der Waals surface area contributed by atoms with Gasteiger partial charge in [0.15, 0.2) is 0 Å². The number of anilines is 1. The smallest absolute Gasteiger partial charge is 0.240 e. The maximum absolute atomic E-state index is 12.6. The Kier molecular flexibility index (Phi) is 4.63. The second-order valence-corrected chi connectivity index (χ2v) is 7.49. The fourth-order valence-electron chi connectivity index (χ4n) is 4.96. The number of piperidine rings is 1. The fraction of sp³-hybridized carbons (Fsp3) is 0.500. The summed E-state index contributed by atoms with van der Waals surface area (Å²) in [5.74, 6) is 0.357. The summed E-state index contributed by atoms with van der Waals surface area (Å²) < 4.78 is 5.27. The Bertz CT molecular complexity index is 858. The van der Waals surface area contributed by atoms with Crippen LogP contribution in [0.3, 0.4) is 0 Å². The first kappa shape index (κ1) is 18.0. The van der Waals surface area contributed by atoms with Crippen molar-refractivity contribution in [3.8, 4) is 5.88 Å².